The number of carbonyl (C=O) groups excluding carboxylic acids is 2. The number of fused-ring (bicyclic) bond motifs is 1. The van der Waals surface area contributed by atoms with Crippen molar-refractivity contribution in [1.82, 2.24) is 0 Å². The average Bonchev–Trinajstić information content (AvgIpc) is 2.63. The molecule has 0 aliphatic carbocycles. The molecule has 0 fully saturated rings. The highest BCUT2D eigenvalue weighted by atomic mass is 35.5. The lowest BCUT2D eigenvalue weighted by Gasteiger charge is -2.16. The van der Waals surface area contributed by atoms with Crippen LogP contribution in [-0.4, -0.2) is 24.1 Å². The summed E-state index contributed by atoms with van der Waals surface area (Å²) in [6.45, 7) is 0.571. The van der Waals surface area contributed by atoms with E-state index in [1.807, 2.05) is 0 Å². The quantitative estimate of drug-likeness (QED) is 0.457. The molecule has 1 heterocycles. The van der Waals surface area contributed by atoms with Crippen LogP contribution in [0.15, 0.2) is 18.2 Å². The fraction of sp³-hybridized carbons (Fsp3) is 0.429. The van der Waals surface area contributed by atoms with E-state index in [-0.39, 0.29) is 0 Å². The van der Waals surface area contributed by atoms with Gasteiger partial charge in [0.25, 0.3) is 11.7 Å². The minimum atomic E-state index is -0.460. The first-order chi connectivity index (χ1) is 9.15. The Kier molecular flexibility index (Phi) is 4.83. The zero-order valence-electron chi connectivity index (χ0n) is 10.5. The van der Waals surface area contributed by atoms with Crippen LogP contribution in [0.2, 0.25) is 5.02 Å². The summed E-state index contributed by atoms with van der Waals surface area (Å²) in [4.78, 5) is 25.3. The molecule has 102 valence electrons. The number of unbranched alkanes of at least 4 members (excludes halogenated alkanes) is 3. The normalized spacial score (nSPS) is 14.1. The maximum absolute atomic E-state index is 11.9. The number of benzene rings is 1. The molecule has 19 heavy (non-hydrogen) atoms. The van der Waals surface area contributed by atoms with Crippen LogP contribution in [0, 0.1) is 0 Å². The molecule has 5 heteroatoms. The molecule has 1 aliphatic heterocycles. The summed E-state index contributed by atoms with van der Waals surface area (Å²) >= 11 is 11.5. The van der Waals surface area contributed by atoms with Crippen molar-refractivity contribution in [3.8, 4) is 0 Å². The second-order valence-electron chi connectivity index (χ2n) is 4.55. The molecular weight excluding hydrogens is 285 g/mol. The molecule has 1 aromatic carbocycles. The zero-order chi connectivity index (χ0) is 13.8. The summed E-state index contributed by atoms with van der Waals surface area (Å²) in [5, 5.41) is 0.476. The second kappa shape index (κ2) is 6.40. The number of Topliss-reactive ketones (excluding diaryl/α,β-unsaturated/α-hetero) is 1. The van der Waals surface area contributed by atoms with Gasteiger partial charge in [0.2, 0.25) is 0 Å². The number of rotatable bonds is 6. The first kappa shape index (κ1) is 14.4. The third-order valence-corrected chi connectivity index (χ3v) is 3.70. The van der Waals surface area contributed by atoms with E-state index < -0.39 is 11.7 Å². The molecule has 0 bridgehead atoms. The smallest absolute Gasteiger partial charge is 0.299 e. The van der Waals surface area contributed by atoms with Crippen LogP contribution in [0.3, 0.4) is 0 Å². The molecule has 0 saturated heterocycles. The van der Waals surface area contributed by atoms with Gasteiger partial charge < -0.3 is 4.90 Å². The molecule has 0 unspecified atom stereocenters. The van der Waals surface area contributed by atoms with Gasteiger partial charge >= 0.3 is 0 Å². The average molecular weight is 300 g/mol. The Labute approximate surface area is 122 Å². The van der Waals surface area contributed by atoms with Crippen LogP contribution >= 0.6 is 23.2 Å². The van der Waals surface area contributed by atoms with Crippen molar-refractivity contribution in [2.75, 3.05) is 17.3 Å². The lowest BCUT2D eigenvalue weighted by molar-refractivity contribution is -0.114. The molecule has 2 rings (SSSR count). The fourth-order valence-corrected chi connectivity index (χ4v) is 2.57. The first-order valence-corrected chi connectivity index (χ1v) is 7.28. The summed E-state index contributed by atoms with van der Waals surface area (Å²) in [6.07, 6.45) is 3.92. The maximum atomic E-state index is 11.9. The number of alkyl halides is 1. The van der Waals surface area contributed by atoms with Gasteiger partial charge in [-0.3, -0.25) is 9.59 Å². The SMILES string of the molecule is O=C1C(=O)N(CCCCCCCl)c2ccc(Cl)cc21. The third kappa shape index (κ3) is 3.10. The van der Waals surface area contributed by atoms with Gasteiger partial charge in [0.1, 0.15) is 0 Å². The Bertz CT molecular complexity index is 502. The number of anilines is 1. The molecule has 0 aromatic heterocycles. The first-order valence-electron chi connectivity index (χ1n) is 6.37. The number of nitrogens with zero attached hydrogens (tertiary/aromatic N) is 1. The Balaban J connectivity index is 2.02. The van der Waals surface area contributed by atoms with E-state index in [1.165, 1.54) is 0 Å². The van der Waals surface area contributed by atoms with Crippen molar-refractivity contribution in [1.29, 1.82) is 0 Å². The standard InChI is InChI=1S/C14H15Cl2NO2/c15-7-3-1-2-4-8-17-12-6-5-10(16)9-11(12)13(18)14(17)19/h5-6,9H,1-4,7-8H2. The molecule has 0 N–H and O–H groups in total. The summed E-state index contributed by atoms with van der Waals surface area (Å²) in [5.41, 5.74) is 1.09. The van der Waals surface area contributed by atoms with Gasteiger partial charge in [0, 0.05) is 17.4 Å². The Hall–Kier alpha value is -1.06. The molecule has 0 saturated carbocycles. The van der Waals surface area contributed by atoms with E-state index in [0.717, 1.165) is 25.7 Å². The van der Waals surface area contributed by atoms with E-state index >= 15 is 0 Å². The zero-order valence-corrected chi connectivity index (χ0v) is 12.0. The van der Waals surface area contributed by atoms with Crippen molar-refractivity contribution in [3.05, 3.63) is 28.8 Å². The molecule has 1 aromatic rings. The van der Waals surface area contributed by atoms with Gasteiger partial charge in [-0.25, -0.2) is 0 Å². The molecule has 1 amide bonds. The highest BCUT2D eigenvalue weighted by Gasteiger charge is 2.35. The van der Waals surface area contributed by atoms with Crippen LogP contribution in [-0.2, 0) is 4.79 Å². The van der Waals surface area contributed by atoms with Gasteiger partial charge in [0.05, 0.1) is 11.3 Å². The second-order valence-corrected chi connectivity index (χ2v) is 5.36. The van der Waals surface area contributed by atoms with Crippen molar-refractivity contribution in [2.45, 2.75) is 25.7 Å². The Morgan fingerprint density at radius 1 is 1.05 bits per heavy atom. The molecule has 3 nitrogen and oxygen atoms in total. The van der Waals surface area contributed by atoms with Crippen LogP contribution in [0.25, 0.3) is 0 Å². The van der Waals surface area contributed by atoms with Crippen molar-refractivity contribution >= 4 is 40.6 Å². The minimum absolute atomic E-state index is 0.415. The molecule has 0 atom stereocenters. The molecule has 0 radical (unpaired) electrons. The lowest BCUT2D eigenvalue weighted by Crippen LogP contribution is -2.30. The monoisotopic (exact) mass is 299 g/mol. The van der Waals surface area contributed by atoms with Gasteiger partial charge in [-0.15, -0.1) is 11.6 Å². The summed E-state index contributed by atoms with van der Waals surface area (Å²) in [5.74, 6) is -0.240. The fourth-order valence-electron chi connectivity index (χ4n) is 2.21. The van der Waals surface area contributed by atoms with Gasteiger partial charge in [0.15, 0.2) is 0 Å². The predicted octanol–water partition coefficient (Wildman–Crippen LogP) is 3.67. The van der Waals surface area contributed by atoms with E-state index in [2.05, 4.69) is 0 Å². The minimum Gasteiger partial charge on any atom is -0.305 e. The van der Waals surface area contributed by atoms with Gasteiger partial charge in [-0.1, -0.05) is 24.4 Å². The molecule has 1 aliphatic rings. The van der Waals surface area contributed by atoms with Crippen LogP contribution in [0.4, 0.5) is 5.69 Å². The Morgan fingerprint density at radius 2 is 1.79 bits per heavy atom. The Morgan fingerprint density at radius 3 is 2.53 bits per heavy atom. The van der Waals surface area contributed by atoms with Crippen molar-refractivity contribution < 1.29 is 9.59 Å². The van der Waals surface area contributed by atoms with Crippen LogP contribution in [0.1, 0.15) is 36.0 Å². The van der Waals surface area contributed by atoms with Gasteiger partial charge in [-0.05, 0) is 31.0 Å². The number of hydrogen-bond acceptors (Lipinski definition) is 2. The highest BCUT2D eigenvalue weighted by molar-refractivity contribution is 6.52. The molecule has 0 spiro atoms. The van der Waals surface area contributed by atoms with Crippen molar-refractivity contribution in [3.63, 3.8) is 0 Å². The number of ketones is 1. The number of carbonyl (C=O) groups is 2. The maximum Gasteiger partial charge on any atom is 0.299 e. The van der Waals surface area contributed by atoms with Crippen LogP contribution in [0.5, 0.6) is 0 Å². The third-order valence-electron chi connectivity index (χ3n) is 3.20. The topological polar surface area (TPSA) is 37.4 Å². The van der Waals surface area contributed by atoms with E-state index in [9.17, 15) is 9.59 Å². The highest BCUT2D eigenvalue weighted by Crippen LogP contribution is 2.31. The predicted molar refractivity (Wildman–Crippen MR) is 77.3 cm³/mol. The van der Waals surface area contributed by atoms with E-state index in [4.69, 9.17) is 23.2 Å². The number of amides is 1. The molecular formula is C14H15Cl2NO2. The van der Waals surface area contributed by atoms with Crippen molar-refractivity contribution in [2.24, 2.45) is 0 Å². The summed E-state index contributed by atoms with van der Waals surface area (Å²) in [7, 11) is 0. The van der Waals surface area contributed by atoms with E-state index in [0.29, 0.717) is 28.7 Å². The number of hydrogen-bond donors (Lipinski definition) is 0. The lowest BCUT2D eigenvalue weighted by atomic mass is 10.1. The number of halogens is 2. The van der Waals surface area contributed by atoms with E-state index in [1.54, 1.807) is 23.1 Å². The van der Waals surface area contributed by atoms with Gasteiger partial charge in [-0.2, -0.15) is 0 Å². The van der Waals surface area contributed by atoms with Crippen LogP contribution < -0.4 is 4.90 Å². The largest absolute Gasteiger partial charge is 0.305 e. The summed E-state index contributed by atoms with van der Waals surface area (Å²) in [6, 6.07) is 5.00. The summed E-state index contributed by atoms with van der Waals surface area (Å²) < 4.78 is 0.